The maximum absolute atomic E-state index is 11.2. The number of aromatic carboxylic acids is 1. The highest BCUT2D eigenvalue weighted by molar-refractivity contribution is 6.31. The van der Waals surface area contributed by atoms with Gasteiger partial charge in [-0.1, -0.05) is 11.6 Å². The third kappa shape index (κ3) is 2.76. The fraction of sp³-hybridized carbons (Fsp3) is 0.125. The van der Waals surface area contributed by atoms with Crippen molar-refractivity contribution in [1.82, 2.24) is 15.0 Å². The van der Waals surface area contributed by atoms with E-state index in [-0.39, 0.29) is 5.56 Å². The lowest BCUT2D eigenvalue weighted by atomic mass is 10.0. The summed E-state index contributed by atoms with van der Waals surface area (Å²) in [5, 5.41) is 10.6. The normalized spacial score (nSPS) is 10.8. The first-order chi connectivity index (χ1) is 10.5. The quantitative estimate of drug-likeness (QED) is 0.803. The molecule has 0 bridgehead atoms. The molecule has 110 valence electrons. The summed E-state index contributed by atoms with van der Waals surface area (Å²) >= 11 is 5.95. The van der Waals surface area contributed by atoms with Gasteiger partial charge in [0.15, 0.2) is 0 Å². The van der Waals surface area contributed by atoms with Gasteiger partial charge in [0.25, 0.3) is 0 Å². The number of hydrogen-bond donors (Lipinski definition) is 1. The summed E-state index contributed by atoms with van der Waals surface area (Å²) in [7, 11) is 0. The first-order valence-corrected chi connectivity index (χ1v) is 7.00. The molecular weight excluding hydrogens is 302 g/mol. The van der Waals surface area contributed by atoms with Crippen LogP contribution in [0.4, 0.5) is 0 Å². The van der Waals surface area contributed by atoms with E-state index in [0.717, 1.165) is 16.6 Å². The number of pyridine rings is 3. The lowest BCUT2D eigenvalue weighted by Gasteiger charge is -2.08. The van der Waals surface area contributed by atoms with Gasteiger partial charge in [0, 0.05) is 29.9 Å². The van der Waals surface area contributed by atoms with E-state index in [9.17, 15) is 4.79 Å². The molecule has 0 unspecified atom stereocenters. The highest BCUT2D eigenvalue weighted by Gasteiger charge is 2.12. The Balaban J connectivity index is 2.00. The van der Waals surface area contributed by atoms with Crippen LogP contribution in [-0.2, 0) is 6.42 Å². The van der Waals surface area contributed by atoms with E-state index < -0.39 is 5.97 Å². The molecule has 0 aliphatic heterocycles. The zero-order chi connectivity index (χ0) is 15.7. The monoisotopic (exact) mass is 313 g/mol. The van der Waals surface area contributed by atoms with Crippen molar-refractivity contribution in [3.05, 3.63) is 64.3 Å². The SMILES string of the molecule is Cc1c(C(=O)O)ccnc1Cc1cc2cc(Cl)cnc2cn1. The summed E-state index contributed by atoms with van der Waals surface area (Å²) in [6, 6.07) is 5.21. The van der Waals surface area contributed by atoms with E-state index in [1.165, 1.54) is 12.3 Å². The van der Waals surface area contributed by atoms with Crippen molar-refractivity contribution in [1.29, 1.82) is 0 Å². The number of carbonyl (C=O) groups is 1. The lowest BCUT2D eigenvalue weighted by molar-refractivity contribution is 0.0696. The largest absolute Gasteiger partial charge is 0.478 e. The van der Waals surface area contributed by atoms with Crippen LogP contribution in [0, 0.1) is 6.92 Å². The number of nitrogens with zero attached hydrogens (tertiary/aromatic N) is 3. The first kappa shape index (κ1) is 14.4. The molecule has 1 N–H and O–H groups in total. The third-order valence-electron chi connectivity index (χ3n) is 3.48. The molecule has 0 saturated heterocycles. The maximum atomic E-state index is 11.2. The van der Waals surface area contributed by atoms with Crippen LogP contribution in [0.15, 0.2) is 36.8 Å². The van der Waals surface area contributed by atoms with Crippen LogP contribution in [0.1, 0.15) is 27.3 Å². The standard InChI is InChI=1S/C16H12ClN3O2/c1-9-13(16(21)22)2-3-18-14(9)6-12-5-10-4-11(17)7-20-15(10)8-19-12/h2-5,7-8H,6H2,1H3,(H,21,22). The molecule has 0 atom stereocenters. The smallest absolute Gasteiger partial charge is 0.336 e. The second-order valence-electron chi connectivity index (χ2n) is 4.93. The molecule has 3 heterocycles. The van der Waals surface area contributed by atoms with Crippen molar-refractivity contribution in [3.8, 4) is 0 Å². The van der Waals surface area contributed by atoms with Gasteiger partial charge in [0.1, 0.15) is 0 Å². The van der Waals surface area contributed by atoms with Gasteiger partial charge in [-0.25, -0.2) is 4.79 Å². The number of aromatic nitrogens is 3. The van der Waals surface area contributed by atoms with Crippen LogP contribution >= 0.6 is 11.6 Å². The van der Waals surface area contributed by atoms with E-state index >= 15 is 0 Å². The van der Waals surface area contributed by atoms with Crippen LogP contribution in [-0.4, -0.2) is 26.0 Å². The summed E-state index contributed by atoms with van der Waals surface area (Å²) in [5.41, 5.74) is 3.16. The van der Waals surface area contributed by atoms with Gasteiger partial charge in [-0.2, -0.15) is 0 Å². The minimum Gasteiger partial charge on any atom is -0.478 e. The fourth-order valence-corrected chi connectivity index (χ4v) is 2.47. The Morgan fingerprint density at radius 3 is 2.82 bits per heavy atom. The fourth-order valence-electron chi connectivity index (χ4n) is 2.31. The van der Waals surface area contributed by atoms with Crippen LogP contribution < -0.4 is 0 Å². The molecule has 3 aromatic rings. The topological polar surface area (TPSA) is 76.0 Å². The molecular formula is C16H12ClN3O2. The Hall–Kier alpha value is -2.53. The Kier molecular flexibility index (Phi) is 3.73. The molecule has 0 aliphatic rings. The molecule has 3 aromatic heterocycles. The Morgan fingerprint density at radius 2 is 2.05 bits per heavy atom. The summed E-state index contributed by atoms with van der Waals surface area (Å²) < 4.78 is 0. The van der Waals surface area contributed by atoms with E-state index in [1.54, 1.807) is 19.3 Å². The molecule has 0 radical (unpaired) electrons. The van der Waals surface area contributed by atoms with Crippen LogP contribution in [0.2, 0.25) is 5.02 Å². The molecule has 5 nitrogen and oxygen atoms in total. The number of hydrogen-bond acceptors (Lipinski definition) is 4. The van der Waals surface area contributed by atoms with Crippen molar-refractivity contribution < 1.29 is 9.90 Å². The summed E-state index contributed by atoms with van der Waals surface area (Å²) in [4.78, 5) is 24.0. The Labute approximate surface area is 131 Å². The van der Waals surface area contributed by atoms with Crippen molar-refractivity contribution in [2.24, 2.45) is 0 Å². The molecule has 0 spiro atoms. The third-order valence-corrected chi connectivity index (χ3v) is 3.69. The average Bonchev–Trinajstić information content (AvgIpc) is 2.48. The van der Waals surface area contributed by atoms with Crippen molar-refractivity contribution in [2.75, 3.05) is 0 Å². The highest BCUT2D eigenvalue weighted by Crippen LogP contribution is 2.19. The van der Waals surface area contributed by atoms with Gasteiger partial charge in [-0.15, -0.1) is 0 Å². The van der Waals surface area contributed by atoms with Crippen LogP contribution in [0.3, 0.4) is 0 Å². The van der Waals surface area contributed by atoms with Gasteiger partial charge in [0.2, 0.25) is 0 Å². The second kappa shape index (κ2) is 5.69. The molecule has 0 aromatic carbocycles. The zero-order valence-electron chi connectivity index (χ0n) is 11.7. The zero-order valence-corrected chi connectivity index (χ0v) is 12.5. The molecule has 3 rings (SSSR count). The predicted octanol–water partition coefficient (Wildman–Crippen LogP) is 3.28. The number of fused-ring (bicyclic) bond motifs is 1. The van der Waals surface area contributed by atoms with E-state index in [1.807, 2.05) is 12.1 Å². The van der Waals surface area contributed by atoms with Crippen LogP contribution in [0.5, 0.6) is 0 Å². The molecule has 0 aliphatic carbocycles. The molecule has 0 fully saturated rings. The minimum absolute atomic E-state index is 0.260. The molecule has 0 saturated carbocycles. The number of rotatable bonds is 3. The summed E-state index contributed by atoms with van der Waals surface area (Å²) in [6.07, 6.45) is 5.21. The molecule has 0 amide bonds. The lowest BCUT2D eigenvalue weighted by Crippen LogP contribution is -2.05. The first-order valence-electron chi connectivity index (χ1n) is 6.62. The van der Waals surface area contributed by atoms with Gasteiger partial charge in [-0.3, -0.25) is 15.0 Å². The Bertz CT molecular complexity index is 880. The van der Waals surface area contributed by atoms with Crippen molar-refractivity contribution in [2.45, 2.75) is 13.3 Å². The van der Waals surface area contributed by atoms with Gasteiger partial charge >= 0.3 is 5.97 Å². The average molecular weight is 314 g/mol. The highest BCUT2D eigenvalue weighted by atomic mass is 35.5. The maximum Gasteiger partial charge on any atom is 0.336 e. The molecule has 22 heavy (non-hydrogen) atoms. The van der Waals surface area contributed by atoms with E-state index in [0.29, 0.717) is 22.7 Å². The van der Waals surface area contributed by atoms with E-state index in [2.05, 4.69) is 15.0 Å². The summed E-state index contributed by atoms with van der Waals surface area (Å²) in [5.74, 6) is -0.955. The summed E-state index contributed by atoms with van der Waals surface area (Å²) in [6.45, 7) is 1.76. The van der Waals surface area contributed by atoms with Gasteiger partial charge in [0.05, 0.1) is 28.0 Å². The predicted molar refractivity (Wildman–Crippen MR) is 83.3 cm³/mol. The number of halogens is 1. The van der Waals surface area contributed by atoms with Crippen molar-refractivity contribution >= 4 is 28.5 Å². The van der Waals surface area contributed by atoms with Crippen molar-refractivity contribution in [3.63, 3.8) is 0 Å². The molecule has 6 heteroatoms. The van der Waals surface area contributed by atoms with Crippen LogP contribution in [0.25, 0.3) is 10.9 Å². The number of carboxylic acid groups (broad SMARTS) is 1. The Morgan fingerprint density at radius 1 is 1.23 bits per heavy atom. The number of carboxylic acids is 1. The second-order valence-corrected chi connectivity index (χ2v) is 5.37. The van der Waals surface area contributed by atoms with E-state index in [4.69, 9.17) is 16.7 Å². The minimum atomic E-state index is -0.955. The van der Waals surface area contributed by atoms with Gasteiger partial charge < -0.3 is 5.11 Å². The van der Waals surface area contributed by atoms with Gasteiger partial charge in [-0.05, 0) is 30.7 Å².